The number of halogens is 3. The molecule has 8 heteroatoms. The molecular weight excluding hydrogens is 329 g/mol. The fraction of sp³-hybridized carbons (Fsp3) is 0.333. The summed E-state index contributed by atoms with van der Waals surface area (Å²) in [5.74, 6) is -1.72. The third kappa shape index (κ3) is 3.87. The summed E-state index contributed by atoms with van der Waals surface area (Å²) in [5, 5.41) is 1.86. The van der Waals surface area contributed by atoms with Gasteiger partial charge in [-0.05, 0) is 18.1 Å². The summed E-state index contributed by atoms with van der Waals surface area (Å²) in [6, 6.07) is 4.67. The van der Waals surface area contributed by atoms with Crippen molar-refractivity contribution in [2.45, 2.75) is 25.6 Å². The van der Waals surface area contributed by atoms with E-state index in [0.29, 0.717) is 5.56 Å². The van der Waals surface area contributed by atoms with Crippen LogP contribution < -0.4 is 10.0 Å². The van der Waals surface area contributed by atoms with Crippen molar-refractivity contribution in [1.29, 1.82) is 0 Å². The molecule has 0 saturated carbocycles. The Bertz CT molecular complexity index is 654. The minimum atomic E-state index is -4.58. The van der Waals surface area contributed by atoms with E-state index in [2.05, 4.69) is 4.72 Å². The highest BCUT2D eigenvalue weighted by Gasteiger charge is 2.45. The second kappa shape index (κ2) is 6.66. The van der Waals surface area contributed by atoms with Crippen molar-refractivity contribution in [3.05, 3.63) is 41.0 Å². The fourth-order valence-corrected chi connectivity index (χ4v) is 2.61. The SMILES string of the molecule is CSNC(=O)C1=C(c2ccc(C)cc2)CC(C(F)(F)F)NC1=O. The van der Waals surface area contributed by atoms with Gasteiger partial charge in [-0.25, -0.2) is 0 Å². The molecule has 1 atom stereocenters. The lowest BCUT2D eigenvalue weighted by molar-refractivity contribution is -0.160. The second-order valence-electron chi connectivity index (χ2n) is 5.13. The van der Waals surface area contributed by atoms with Crippen LogP contribution in [0.2, 0.25) is 0 Å². The van der Waals surface area contributed by atoms with Crippen molar-refractivity contribution in [1.82, 2.24) is 10.0 Å². The molecule has 2 rings (SSSR count). The molecule has 2 N–H and O–H groups in total. The van der Waals surface area contributed by atoms with E-state index in [-0.39, 0.29) is 11.1 Å². The number of alkyl halides is 3. The Morgan fingerprint density at radius 1 is 1.30 bits per heavy atom. The highest BCUT2D eigenvalue weighted by Crippen LogP contribution is 2.34. The Morgan fingerprint density at radius 2 is 1.91 bits per heavy atom. The molecule has 4 nitrogen and oxygen atoms in total. The Balaban J connectivity index is 2.53. The molecule has 1 aromatic rings. The van der Waals surface area contributed by atoms with Gasteiger partial charge in [0.05, 0.1) is 0 Å². The molecule has 0 aliphatic carbocycles. The van der Waals surface area contributed by atoms with Crippen molar-refractivity contribution < 1.29 is 22.8 Å². The maximum Gasteiger partial charge on any atom is 0.408 e. The number of hydrogen-bond donors (Lipinski definition) is 2. The van der Waals surface area contributed by atoms with Crippen LogP contribution in [-0.2, 0) is 9.59 Å². The van der Waals surface area contributed by atoms with Gasteiger partial charge >= 0.3 is 6.18 Å². The highest BCUT2D eigenvalue weighted by molar-refractivity contribution is 7.97. The van der Waals surface area contributed by atoms with Gasteiger partial charge in [0.25, 0.3) is 11.8 Å². The molecular formula is C15H15F3N2O2S. The van der Waals surface area contributed by atoms with Gasteiger partial charge in [0, 0.05) is 12.7 Å². The number of benzene rings is 1. The molecule has 1 heterocycles. The average Bonchev–Trinajstić information content (AvgIpc) is 2.46. The molecule has 124 valence electrons. The van der Waals surface area contributed by atoms with Crippen LogP contribution in [-0.4, -0.2) is 30.3 Å². The van der Waals surface area contributed by atoms with Crippen molar-refractivity contribution in [3.63, 3.8) is 0 Å². The van der Waals surface area contributed by atoms with Crippen molar-refractivity contribution >= 4 is 29.3 Å². The van der Waals surface area contributed by atoms with Gasteiger partial charge in [-0.15, -0.1) is 0 Å². The van der Waals surface area contributed by atoms with Gasteiger partial charge < -0.3 is 5.32 Å². The number of rotatable bonds is 3. The van der Waals surface area contributed by atoms with Crippen LogP contribution in [0.5, 0.6) is 0 Å². The van der Waals surface area contributed by atoms with E-state index in [9.17, 15) is 22.8 Å². The number of nitrogens with one attached hydrogen (secondary N) is 2. The van der Waals surface area contributed by atoms with E-state index in [4.69, 9.17) is 0 Å². The predicted octanol–water partition coefficient (Wildman–Crippen LogP) is 2.59. The lowest BCUT2D eigenvalue weighted by Gasteiger charge is -2.29. The van der Waals surface area contributed by atoms with Crippen molar-refractivity contribution in [2.24, 2.45) is 0 Å². The third-order valence-electron chi connectivity index (χ3n) is 3.46. The maximum atomic E-state index is 13.0. The normalized spacial score (nSPS) is 18.7. The van der Waals surface area contributed by atoms with Gasteiger partial charge in [-0.1, -0.05) is 41.8 Å². The van der Waals surface area contributed by atoms with E-state index < -0.39 is 30.5 Å². The smallest absolute Gasteiger partial charge is 0.340 e. The summed E-state index contributed by atoms with van der Waals surface area (Å²) >= 11 is 0.976. The zero-order valence-corrected chi connectivity index (χ0v) is 13.3. The summed E-state index contributed by atoms with van der Waals surface area (Å²) in [6.45, 7) is 1.84. The topological polar surface area (TPSA) is 58.2 Å². The van der Waals surface area contributed by atoms with Crippen LogP contribution in [0.15, 0.2) is 29.8 Å². The minimum absolute atomic E-state index is 0.0997. The van der Waals surface area contributed by atoms with Crippen LogP contribution in [0.1, 0.15) is 17.5 Å². The molecule has 1 aromatic carbocycles. The van der Waals surface area contributed by atoms with E-state index in [1.165, 1.54) is 0 Å². The van der Waals surface area contributed by atoms with E-state index in [0.717, 1.165) is 17.5 Å². The van der Waals surface area contributed by atoms with Gasteiger partial charge in [0.1, 0.15) is 11.6 Å². The van der Waals surface area contributed by atoms with Crippen LogP contribution >= 0.6 is 11.9 Å². The lowest BCUT2D eigenvalue weighted by Crippen LogP contribution is -2.50. The first kappa shape index (κ1) is 17.4. The summed E-state index contributed by atoms with van der Waals surface area (Å²) in [7, 11) is 0. The maximum absolute atomic E-state index is 13.0. The zero-order chi connectivity index (χ0) is 17.2. The molecule has 0 spiro atoms. The van der Waals surface area contributed by atoms with Crippen LogP contribution in [0.4, 0.5) is 13.2 Å². The second-order valence-corrected chi connectivity index (χ2v) is 5.74. The Labute approximate surface area is 135 Å². The standard InChI is InChI=1S/C15H15F3N2O2S/c1-8-3-5-9(6-4-8)10-7-11(15(16,17)18)19-13(21)12(10)14(22)20-23-2/h3-6,11H,7H2,1-2H3,(H,19,21)(H,20,22). The van der Waals surface area contributed by atoms with E-state index in [1.807, 2.05) is 12.2 Å². The number of carbonyl (C=O) groups is 2. The summed E-state index contributed by atoms with van der Waals surface area (Å²) in [6.07, 6.45) is -3.47. The fourth-order valence-electron chi connectivity index (χ4n) is 2.32. The number of aryl methyl sites for hydroxylation is 1. The Kier molecular flexibility index (Phi) is 5.03. The van der Waals surface area contributed by atoms with Gasteiger partial charge in [-0.2, -0.15) is 13.2 Å². The monoisotopic (exact) mass is 344 g/mol. The summed E-state index contributed by atoms with van der Waals surface area (Å²) in [5.41, 5.74) is 1.19. The zero-order valence-electron chi connectivity index (χ0n) is 12.5. The molecule has 1 unspecified atom stereocenters. The minimum Gasteiger partial charge on any atom is -0.340 e. The highest BCUT2D eigenvalue weighted by atomic mass is 32.2. The van der Waals surface area contributed by atoms with Gasteiger partial charge in [0.15, 0.2) is 0 Å². The Morgan fingerprint density at radius 3 is 2.43 bits per heavy atom. The third-order valence-corrected chi connectivity index (χ3v) is 3.85. The summed E-state index contributed by atoms with van der Waals surface area (Å²) in [4.78, 5) is 24.2. The van der Waals surface area contributed by atoms with Crippen LogP contribution in [0.3, 0.4) is 0 Å². The predicted molar refractivity (Wildman–Crippen MR) is 82.4 cm³/mol. The summed E-state index contributed by atoms with van der Waals surface area (Å²) < 4.78 is 41.4. The van der Waals surface area contributed by atoms with Crippen molar-refractivity contribution in [2.75, 3.05) is 6.26 Å². The average molecular weight is 344 g/mol. The van der Waals surface area contributed by atoms with E-state index >= 15 is 0 Å². The lowest BCUT2D eigenvalue weighted by atomic mass is 9.89. The molecule has 0 saturated heterocycles. The van der Waals surface area contributed by atoms with E-state index in [1.54, 1.807) is 30.5 Å². The van der Waals surface area contributed by atoms with Crippen molar-refractivity contribution in [3.8, 4) is 0 Å². The van der Waals surface area contributed by atoms with Gasteiger partial charge in [0.2, 0.25) is 0 Å². The molecule has 1 aliphatic rings. The molecule has 0 aromatic heterocycles. The van der Waals surface area contributed by atoms with Gasteiger partial charge in [-0.3, -0.25) is 14.3 Å². The molecule has 0 radical (unpaired) electrons. The number of carbonyl (C=O) groups excluding carboxylic acids is 2. The quantitative estimate of drug-likeness (QED) is 0.655. The first-order chi connectivity index (χ1) is 10.7. The largest absolute Gasteiger partial charge is 0.408 e. The Hall–Kier alpha value is -1.96. The number of hydrogen-bond acceptors (Lipinski definition) is 3. The van der Waals surface area contributed by atoms with Crippen LogP contribution in [0.25, 0.3) is 5.57 Å². The molecule has 0 fully saturated rings. The molecule has 2 amide bonds. The van der Waals surface area contributed by atoms with Crippen LogP contribution in [0, 0.1) is 6.92 Å². The first-order valence-corrected chi connectivity index (χ1v) is 7.97. The number of amides is 2. The first-order valence-electron chi connectivity index (χ1n) is 6.75. The molecule has 0 bridgehead atoms. The molecule has 23 heavy (non-hydrogen) atoms. The molecule has 1 aliphatic heterocycles.